The van der Waals surface area contributed by atoms with Gasteiger partial charge in [0.1, 0.15) is 63.9 Å². The van der Waals surface area contributed by atoms with Crippen LogP contribution in [-0.4, -0.2) is 101 Å². The molecule has 0 saturated heterocycles. The number of benzene rings is 5. The summed E-state index contributed by atoms with van der Waals surface area (Å²) in [4.78, 5) is 6.65. The normalized spacial score (nSPS) is 12.2. The molecule has 0 atom stereocenters. The van der Waals surface area contributed by atoms with E-state index in [1.807, 2.05) is 0 Å². The van der Waals surface area contributed by atoms with Crippen LogP contribution in [0, 0.1) is 0 Å². The van der Waals surface area contributed by atoms with E-state index in [-0.39, 0.29) is 158 Å². The third kappa shape index (κ3) is 18.7. The summed E-state index contributed by atoms with van der Waals surface area (Å²) in [5.41, 5.74) is 6.13. The predicted octanol–water partition coefficient (Wildman–Crippen LogP) is -11.3. The van der Waals surface area contributed by atoms with Crippen molar-refractivity contribution in [2.24, 2.45) is 20.5 Å². The zero-order valence-corrected chi connectivity index (χ0v) is 55.1. The van der Waals surface area contributed by atoms with Crippen LogP contribution in [0.25, 0.3) is 10.8 Å². The van der Waals surface area contributed by atoms with E-state index >= 15 is 0 Å². The maximum Gasteiger partial charge on any atom is 1.00 e. The summed E-state index contributed by atoms with van der Waals surface area (Å²) in [7, 11) is -31.6. The molecular formula is C33H22Cl2N11Na5O18S6. The second kappa shape index (κ2) is 28.0. The first-order chi connectivity index (χ1) is 32.2. The SMILES string of the molecule is Nc1c(N=Nc2c(Nc3ncnc(Nc4ccc(Cl)cc4S(=O)(=O)CCOS(=O)(=O)[O-])n3)cc(Cl)cc2S(=O)(=O)[O-])cc(S(=O)(=O)[O-])c(N)c1N=Nc1cc(S(=O)(=O)[O-])c2cccc(S(=O)(=O)[O-])c2c1.[Na+].[Na+].[Na+].[Na+].[Na+]. The average Bonchev–Trinajstić information content (AvgIpc) is 3.22. The van der Waals surface area contributed by atoms with E-state index in [0.29, 0.717) is 18.2 Å². The van der Waals surface area contributed by atoms with E-state index in [0.717, 1.165) is 48.8 Å². The van der Waals surface area contributed by atoms with E-state index in [1.165, 1.54) is 6.07 Å². The number of rotatable bonds is 17. The Hall–Kier alpha value is -1.19. The van der Waals surface area contributed by atoms with Gasteiger partial charge in [-0.15, -0.1) is 15.3 Å². The Morgan fingerprint density at radius 3 is 1.64 bits per heavy atom. The summed E-state index contributed by atoms with van der Waals surface area (Å²) in [5.74, 6) is -1.98. The van der Waals surface area contributed by atoms with Gasteiger partial charge >= 0.3 is 148 Å². The number of aromatic nitrogens is 3. The maximum atomic E-state index is 13.1. The Morgan fingerprint density at radius 2 is 1.08 bits per heavy atom. The van der Waals surface area contributed by atoms with E-state index in [4.69, 9.17) is 34.7 Å². The Morgan fingerprint density at radius 1 is 0.533 bits per heavy atom. The number of halogens is 2. The van der Waals surface area contributed by atoms with Gasteiger partial charge in [0.2, 0.25) is 22.3 Å². The van der Waals surface area contributed by atoms with Crippen molar-refractivity contribution >= 4 is 152 Å². The van der Waals surface area contributed by atoms with Crippen LogP contribution < -0.4 is 170 Å². The largest absolute Gasteiger partial charge is 1.00 e. The van der Waals surface area contributed by atoms with Crippen molar-refractivity contribution in [3.05, 3.63) is 83.1 Å². The number of nitrogens with zero attached hydrogens (tertiary/aromatic N) is 7. The van der Waals surface area contributed by atoms with Gasteiger partial charge in [-0.2, -0.15) is 10.1 Å². The van der Waals surface area contributed by atoms with Crippen molar-refractivity contribution in [1.82, 2.24) is 15.0 Å². The summed E-state index contributed by atoms with van der Waals surface area (Å²) in [6.45, 7) is -1.06. The fourth-order valence-corrected chi connectivity index (χ4v) is 10.8. The van der Waals surface area contributed by atoms with Gasteiger partial charge in [-0.05, 0) is 54.6 Å². The van der Waals surface area contributed by atoms with Gasteiger partial charge in [-0.25, -0.2) is 60.5 Å². The number of hydrogen-bond acceptors (Lipinski definition) is 29. The quantitative estimate of drug-likeness (QED) is 0.0217. The molecule has 75 heavy (non-hydrogen) atoms. The predicted molar refractivity (Wildman–Crippen MR) is 236 cm³/mol. The Bertz CT molecular complexity index is 3950. The number of hydrogen-bond donors (Lipinski definition) is 4. The minimum Gasteiger partial charge on any atom is -0.744 e. The first-order valence-corrected chi connectivity index (χ1v) is 27.3. The maximum absolute atomic E-state index is 13.1. The molecule has 0 aliphatic heterocycles. The minimum atomic E-state index is -5.61. The molecule has 1 aromatic heterocycles. The fraction of sp³-hybridized carbons (Fsp3) is 0.0606. The molecule has 0 unspecified atom stereocenters. The minimum absolute atomic E-state index is 0. The summed E-state index contributed by atoms with van der Waals surface area (Å²) in [5, 5.41) is 18.2. The molecule has 1 heterocycles. The number of nitrogens with two attached hydrogens (primary N) is 2. The Kier molecular flexibility index (Phi) is 26.8. The third-order valence-corrected chi connectivity index (χ3v) is 14.9. The summed E-state index contributed by atoms with van der Waals surface area (Å²) in [6.07, 6.45) is 0.838. The van der Waals surface area contributed by atoms with E-state index in [2.05, 4.69) is 50.2 Å². The average molecular weight is 1240 g/mol. The van der Waals surface area contributed by atoms with Crippen LogP contribution in [0.1, 0.15) is 0 Å². The number of azo groups is 2. The van der Waals surface area contributed by atoms with Gasteiger partial charge in [0.25, 0.3) is 0 Å². The molecule has 0 saturated carbocycles. The van der Waals surface area contributed by atoms with Gasteiger partial charge < -0.3 is 44.9 Å². The number of sulfone groups is 1. The Balaban J connectivity index is 0.00000562. The van der Waals surface area contributed by atoms with Crippen LogP contribution in [-0.2, 0) is 64.9 Å². The van der Waals surface area contributed by atoms with Crippen LogP contribution in [0.15, 0.2) is 118 Å². The zero-order chi connectivity index (χ0) is 51.9. The molecule has 5 aromatic carbocycles. The van der Waals surface area contributed by atoms with Crippen LogP contribution in [0.2, 0.25) is 10.0 Å². The van der Waals surface area contributed by atoms with Crippen molar-refractivity contribution in [2.75, 3.05) is 34.5 Å². The van der Waals surface area contributed by atoms with Crippen molar-refractivity contribution < 1.29 is 225 Å². The molecule has 0 amide bonds. The third-order valence-electron chi connectivity index (χ3n) is 8.79. The van der Waals surface area contributed by atoms with Gasteiger partial charge in [0.15, 0.2) is 9.84 Å². The number of fused-ring (bicyclic) bond motifs is 1. The van der Waals surface area contributed by atoms with Crippen LogP contribution >= 0.6 is 23.2 Å². The molecular weight excluding hydrogens is 1220 g/mol. The van der Waals surface area contributed by atoms with Crippen molar-refractivity contribution in [3.63, 3.8) is 0 Å². The van der Waals surface area contributed by atoms with E-state index in [9.17, 15) is 73.3 Å². The zero-order valence-electron chi connectivity index (χ0n) is 38.7. The second-order valence-electron chi connectivity index (χ2n) is 13.5. The first kappa shape index (κ1) is 71.8. The topological polar surface area (TPSA) is 494 Å². The number of nitrogen functional groups attached to an aromatic ring is 2. The molecule has 6 N–H and O–H groups in total. The monoisotopic (exact) mass is 1240 g/mol. The molecule has 0 fully saturated rings. The number of anilines is 6. The van der Waals surface area contributed by atoms with Crippen molar-refractivity contribution in [2.45, 2.75) is 24.5 Å². The summed E-state index contributed by atoms with van der Waals surface area (Å²) in [6, 6.07) is 9.54. The van der Waals surface area contributed by atoms with E-state index < -0.39 is 165 Å². The molecule has 6 rings (SSSR count). The van der Waals surface area contributed by atoms with Gasteiger partial charge in [-0.1, -0.05) is 35.3 Å². The molecule has 42 heteroatoms. The molecule has 0 bridgehead atoms. The summed E-state index contributed by atoms with van der Waals surface area (Å²) < 4.78 is 210. The van der Waals surface area contributed by atoms with Crippen LogP contribution in [0.3, 0.4) is 0 Å². The summed E-state index contributed by atoms with van der Waals surface area (Å²) >= 11 is 12.1. The first-order valence-electron chi connectivity index (χ1n) is 17.9. The van der Waals surface area contributed by atoms with Crippen molar-refractivity contribution in [1.29, 1.82) is 0 Å². The Labute approximate surface area is 546 Å². The molecule has 372 valence electrons. The number of nitrogens with one attached hydrogen (secondary N) is 2. The second-order valence-corrected chi connectivity index (χ2v) is 22.8. The van der Waals surface area contributed by atoms with Gasteiger partial charge in [0, 0.05) is 20.8 Å². The fourth-order valence-electron chi connectivity index (χ4n) is 5.90. The molecule has 0 aliphatic carbocycles. The molecule has 0 aliphatic rings. The molecule has 29 nitrogen and oxygen atoms in total. The molecule has 6 aromatic rings. The van der Waals surface area contributed by atoms with Crippen LogP contribution in [0.5, 0.6) is 0 Å². The van der Waals surface area contributed by atoms with Crippen molar-refractivity contribution in [3.8, 4) is 0 Å². The standard InChI is InChI=1S/C33H27Cl2N11O18S6.5Na/c34-15-4-5-20(25(9-15)65(47,48)7-6-64-70(61,62)63)40-32-38-14-39-33(42-32)41-22-8-16(35)10-27(69(58,59)60)30(22)45-44-21-13-26(68(55,56)57)29(37)31(28(21)36)46-43-17-11-19-18(24(12-17)67(52,53)54)2-1-3-23(19)66(49,50)51;;;;;/h1-5,8-14H,6-7,36-37H2,(H,49,50,51)(H,52,53,54)(H,55,56,57)(H,58,59,60)(H,61,62,63)(H2,38,39,40,41,42);;;;;/q;5*+1/p-5. The van der Waals surface area contributed by atoms with Crippen LogP contribution in [0.4, 0.5) is 57.4 Å². The van der Waals surface area contributed by atoms with Gasteiger partial charge in [0.05, 0.1) is 65.3 Å². The smallest absolute Gasteiger partial charge is 0.744 e. The van der Waals surface area contributed by atoms with Gasteiger partial charge in [-0.3, -0.25) is 4.18 Å². The molecule has 0 spiro atoms. The van der Waals surface area contributed by atoms with E-state index in [1.54, 1.807) is 0 Å². The molecule has 0 radical (unpaired) electrons.